The van der Waals surface area contributed by atoms with Gasteiger partial charge in [-0.25, -0.2) is 4.79 Å². The molecule has 0 saturated heterocycles. The highest BCUT2D eigenvalue weighted by Crippen LogP contribution is 2.20. The van der Waals surface area contributed by atoms with E-state index in [1.54, 1.807) is 30.3 Å². The third-order valence-corrected chi connectivity index (χ3v) is 3.61. The van der Waals surface area contributed by atoms with E-state index < -0.39 is 17.4 Å². The van der Waals surface area contributed by atoms with E-state index in [2.05, 4.69) is 15.8 Å². The zero-order valence-corrected chi connectivity index (χ0v) is 14.5. The molecule has 2 amide bonds. The molecule has 2 heterocycles. The van der Waals surface area contributed by atoms with Gasteiger partial charge in [-0.15, -0.1) is 0 Å². The summed E-state index contributed by atoms with van der Waals surface area (Å²) in [6, 6.07) is 11.2. The molecule has 0 aliphatic carbocycles. The number of hydrogen-bond donors (Lipinski definition) is 2. The van der Waals surface area contributed by atoms with Crippen molar-refractivity contribution < 1.29 is 18.7 Å². The summed E-state index contributed by atoms with van der Waals surface area (Å²) < 4.78 is 10.7. The summed E-state index contributed by atoms with van der Waals surface area (Å²) in [5.74, 6) is -0.819. The van der Waals surface area contributed by atoms with E-state index in [1.165, 1.54) is 18.3 Å². The number of rotatable bonds is 5. The molecule has 27 heavy (non-hydrogen) atoms. The number of benzene rings is 1. The van der Waals surface area contributed by atoms with Crippen LogP contribution >= 0.6 is 0 Å². The first-order valence-corrected chi connectivity index (χ1v) is 8.31. The van der Waals surface area contributed by atoms with Crippen molar-refractivity contribution in [2.45, 2.75) is 13.3 Å². The van der Waals surface area contributed by atoms with Crippen LogP contribution in [0.15, 0.2) is 57.9 Å². The Morgan fingerprint density at radius 3 is 2.67 bits per heavy atom. The van der Waals surface area contributed by atoms with Crippen molar-refractivity contribution in [3.8, 4) is 5.75 Å². The first kappa shape index (κ1) is 18.1. The third-order valence-electron chi connectivity index (χ3n) is 3.61. The van der Waals surface area contributed by atoms with Gasteiger partial charge in [-0.05, 0) is 36.8 Å². The first-order chi connectivity index (χ1) is 13.1. The van der Waals surface area contributed by atoms with Crippen LogP contribution in [0.3, 0.4) is 0 Å². The molecule has 138 valence electrons. The van der Waals surface area contributed by atoms with Crippen LogP contribution in [0.1, 0.15) is 34.2 Å². The molecular weight excluding hydrogens is 350 g/mol. The number of nitrogens with zero attached hydrogens (tertiary/aromatic N) is 1. The van der Waals surface area contributed by atoms with Crippen LogP contribution in [0.4, 0.5) is 0 Å². The fourth-order valence-electron chi connectivity index (χ4n) is 2.30. The smallest absolute Gasteiger partial charge is 0.349 e. The number of carbonyl (C=O) groups excluding carboxylic acids is 2. The van der Waals surface area contributed by atoms with Crippen LogP contribution in [-0.2, 0) is 0 Å². The number of ether oxygens (including phenoxy) is 1. The number of hydrazine groups is 1. The summed E-state index contributed by atoms with van der Waals surface area (Å²) in [5, 5.41) is 0.555. The Kier molecular flexibility index (Phi) is 5.46. The highest BCUT2D eigenvalue weighted by atomic mass is 16.5. The van der Waals surface area contributed by atoms with Crippen molar-refractivity contribution >= 4 is 22.8 Å². The highest BCUT2D eigenvalue weighted by Gasteiger charge is 2.15. The highest BCUT2D eigenvalue weighted by molar-refractivity contribution is 5.99. The lowest BCUT2D eigenvalue weighted by atomic mass is 10.1. The topological polar surface area (TPSA) is 111 Å². The van der Waals surface area contributed by atoms with Crippen molar-refractivity contribution in [2.75, 3.05) is 6.61 Å². The van der Waals surface area contributed by atoms with Gasteiger partial charge in [-0.1, -0.05) is 13.0 Å². The summed E-state index contributed by atoms with van der Waals surface area (Å²) >= 11 is 0. The summed E-state index contributed by atoms with van der Waals surface area (Å²) in [6.45, 7) is 2.53. The molecule has 8 heteroatoms. The molecule has 3 aromatic rings. The first-order valence-electron chi connectivity index (χ1n) is 8.31. The Morgan fingerprint density at radius 2 is 1.93 bits per heavy atom. The minimum absolute atomic E-state index is 0.128. The zero-order valence-electron chi connectivity index (χ0n) is 14.5. The number of fused-ring (bicyclic) bond motifs is 1. The largest absolute Gasteiger partial charge is 0.493 e. The molecule has 8 nitrogen and oxygen atoms in total. The van der Waals surface area contributed by atoms with Crippen LogP contribution in [0, 0.1) is 0 Å². The number of hydrogen-bond acceptors (Lipinski definition) is 6. The molecule has 0 saturated carbocycles. The Bertz CT molecular complexity index is 1030. The standard InChI is InChI=1S/C19H17N3O5/c1-2-9-26-13-7-6-12-10-14(19(25)27-16(12)11-13)17(23)21-22-18(24)15-5-3-4-8-20-15/h3-8,10-11H,2,9H2,1H3,(H,21,23)(H,22,24). The molecule has 0 aliphatic heterocycles. The second-order valence-corrected chi connectivity index (χ2v) is 5.62. The lowest BCUT2D eigenvalue weighted by Gasteiger charge is -2.08. The molecule has 3 rings (SSSR count). The van der Waals surface area contributed by atoms with E-state index in [0.717, 1.165) is 6.42 Å². The second kappa shape index (κ2) is 8.13. The minimum atomic E-state index is -0.820. The lowest BCUT2D eigenvalue weighted by Crippen LogP contribution is -2.43. The molecular formula is C19H17N3O5. The average Bonchev–Trinajstić information content (AvgIpc) is 2.70. The van der Waals surface area contributed by atoms with E-state index in [9.17, 15) is 14.4 Å². The van der Waals surface area contributed by atoms with Crippen LogP contribution in [0.2, 0.25) is 0 Å². The van der Waals surface area contributed by atoms with E-state index in [4.69, 9.17) is 9.15 Å². The van der Waals surface area contributed by atoms with Crippen LogP contribution < -0.4 is 21.2 Å². The molecule has 0 spiro atoms. The SMILES string of the molecule is CCCOc1ccc2cc(C(=O)NNC(=O)c3ccccn3)c(=O)oc2c1. The van der Waals surface area contributed by atoms with Gasteiger partial charge in [0.25, 0.3) is 11.8 Å². The average molecular weight is 367 g/mol. The molecule has 0 fully saturated rings. The fourth-order valence-corrected chi connectivity index (χ4v) is 2.30. The van der Waals surface area contributed by atoms with Crippen molar-refractivity contribution in [3.05, 3.63) is 70.3 Å². The van der Waals surface area contributed by atoms with Gasteiger partial charge in [0, 0.05) is 17.6 Å². The fraction of sp³-hybridized carbons (Fsp3) is 0.158. The van der Waals surface area contributed by atoms with Crippen molar-refractivity contribution in [3.63, 3.8) is 0 Å². The van der Waals surface area contributed by atoms with Crippen molar-refractivity contribution in [1.29, 1.82) is 0 Å². The summed E-state index contributed by atoms with van der Waals surface area (Å²) in [5.41, 5.74) is 3.77. The lowest BCUT2D eigenvalue weighted by molar-refractivity contribution is 0.0842. The Labute approximate surface area is 154 Å². The molecule has 0 atom stereocenters. The molecule has 0 bridgehead atoms. The van der Waals surface area contributed by atoms with Gasteiger partial charge in [0.15, 0.2) is 0 Å². The molecule has 2 N–H and O–H groups in total. The van der Waals surface area contributed by atoms with Gasteiger partial charge in [-0.3, -0.25) is 25.4 Å². The predicted octanol–water partition coefficient (Wildman–Crippen LogP) is 2.05. The third kappa shape index (κ3) is 4.30. The van der Waals surface area contributed by atoms with Crippen molar-refractivity contribution in [2.24, 2.45) is 0 Å². The van der Waals surface area contributed by atoms with Crippen LogP contribution in [0.25, 0.3) is 11.0 Å². The zero-order chi connectivity index (χ0) is 19.2. The van der Waals surface area contributed by atoms with E-state index >= 15 is 0 Å². The quantitative estimate of drug-likeness (QED) is 0.527. The van der Waals surface area contributed by atoms with Crippen LogP contribution in [-0.4, -0.2) is 23.4 Å². The molecule has 0 radical (unpaired) electrons. The van der Waals surface area contributed by atoms with Gasteiger partial charge in [0.2, 0.25) is 0 Å². The minimum Gasteiger partial charge on any atom is -0.493 e. The Morgan fingerprint density at radius 1 is 1.11 bits per heavy atom. The Balaban J connectivity index is 1.75. The monoisotopic (exact) mass is 367 g/mol. The molecule has 1 aromatic carbocycles. The summed E-state index contributed by atoms with van der Waals surface area (Å²) in [7, 11) is 0. The van der Waals surface area contributed by atoms with Gasteiger partial charge in [0.1, 0.15) is 22.6 Å². The second-order valence-electron chi connectivity index (χ2n) is 5.62. The van der Waals surface area contributed by atoms with E-state index in [-0.39, 0.29) is 11.3 Å². The number of pyridine rings is 1. The van der Waals surface area contributed by atoms with E-state index in [1.807, 2.05) is 6.92 Å². The maximum atomic E-state index is 12.2. The number of carbonyl (C=O) groups is 2. The molecule has 0 aliphatic rings. The van der Waals surface area contributed by atoms with Crippen LogP contribution in [0.5, 0.6) is 5.75 Å². The number of aromatic nitrogens is 1. The van der Waals surface area contributed by atoms with E-state index in [0.29, 0.717) is 23.3 Å². The molecule has 2 aromatic heterocycles. The van der Waals surface area contributed by atoms with Gasteiger partial charge in [-0.2, -0.15) is 0 Å². The Hall–Kier alpha value is -3.68. The maximum Gasteiger partial charge on any atom is 0.349 e. The summed E-state index contributed by atoms with van der Waals surface area (Å²) in [4.78, 5) is 40.1. The maximum absolute atomic E-state index is 12.2. The van der Waals surface area contributed by atoms with Gasteiger partial charge in [0.05, 0.1) is 6.61 Å². The van der Waals surface area contributed by atoms with Gasteiger partial charge >= 0.3 is 5.63 Å². The summed E-state index contributed by atoms with van der Waals surface area (Å²) in [6.07, 6.45) is 2.30. The number of nitrogens with one attached hydrogen (secondary N) is 2. The normalized spacial score (nSPS) is 10.4. The van der Waals surface area contributed by atoms with Crippen molar-refractivity contribution in [1.82, 2.24) is 15.8 Å². The van der Waals surface area contributed by atoms with Gasteiger partial charge < -0.3 is 9.15 Å². The molecule has 0 unspecified atom stereocenters. The number of amides is 2. The predicted molar refractivity (Wildman–Crippen MR) is 97.4 cm³/mol.